The highest BCUT2D eigenvalue weighted by Crippen LogP contribution is 2.26. The molecule has 0 saturated carbocycles. The molecule has 0 aromatic heterocycles. The fraction of sp³-hybridized carbons (Fsp3) is 0.222. The first kappa shape index (κ1) is 12.3. The van der Waals surface area contributed by atoms with Crippen LogP contribution in [0.2, 0.25) is 5.02 Å². The fourth-order valence-corrected chi connectivity index (χ4v) is 2.89. The summed E-state index contributed by atoms with van der Waals surface area (Å²) in [6, 6.07) is 3.57. The summed E-state index contributed by atoms with van der Waals surface area (Å²) in [5, 5.41) is 1.11. The Morgan fingerprint density at radius 3 is 2.79 bits per heavy atom. The minimum atomic E-state index is -0.361. The Morgan fingerprint density at radius 1 is 1.64 bits per heavy atom. The quantitative estimate of drug-likeness (QED) is 0.439. The number of carbonyl (C=O) groups is 1. The topological polar surface area (TPSA) is 26.3 Å². The van der Waals surface area contributed by atoms with Crippen molar-refractivity contribution in [3.63, 3.8) is 0 Å². The summed E-state index contributed by atoms with van der Waals surface area (Å²) in [5.41, 5.74) is 1.28. The summed E-state index contributed by atoms with van der Waals surface area (Å²) in [6.07, 6.45) is 0. The molecule has 0 amide bonds. The van der Waals surface area contributed by atoms with E-state index >= 15 is 0 Å². The van der Waals surface area contributed by atoms with Gasteiger partial charge in [0.1, 0.15) is 0 Å². The fourth-order valence-electron chi connectivity index (χ4n) is 1.03. The predicted octanol–water partition coefficient (Wildman–Crippen LogP) is 3.63. The molecular weight excluding hydrogens is 382 g/mol. The minimum Gasteiger partial charge on any atom is -0.465 e. The molecule has 0 radical (unpaired) electrons. The Balaban J connectivity index is 3.32. The molecular formula is C9H7BrClIO2. The van der Waals surface area contributed by atoms with Gasteiger partial charge in [-0.3, -0.25) is 0 Å². The highest BCUT2D eigenvalue weighted by atomic mass is 127. The SMILES string of the molecule is COC(=O)c1cc(I)cc(Cl)c1CBr. The van der Waals surface area contributed by atoms with Crippen LogP contribution in [0.5, 0.6) is 0 Å². The second kappa shape index (κ2) is 5.32. The van der Waals surface area contributed by atoms with Gasteiger partial charge in [0.15, 0.2) is 0 Å². The number of halogens is 3. The van der Waals surface area contributed by atoms with E-state index in [1.807, 2.05) is 6.07 Å². The molecule has 0 saturated heterocycles. The van der Waals surface area contributed by atoms with Gasteiger partial charge in [0, 0.05) is 13.9 Å². The minimum absolute atomic E-state index is 0.361. The van der Waals surface area contributed by atoms with Crippen molar-refractivity contribution in [1.29, 1.82) is 0 Å². The summed E-state index contributed by atoms with van der Waals surface area (Å²) >= 11 is 11.4. The number of hydrogen-bond acceptors (Lipinski definition) is 2. The molecule has 76 valence electrons. The maximum Gasteiger partial charge on any atom is 0.338 e. The third-order valence-electron chi connectivity index (χ3n) is 1.70. The van der Waals surface area contributed by atoms with Crippen molar-refractivity contribution in [3.8, 4) is 0 Å². The second-order valence-electron chi connectivity index (χ2n) is 2.54. The van der Waals surface area contributed by atoms with Crippen LogP contribution in [0.15, 0.2) is 12.1 Å². The van der Waals surface area contributed by atoms with Crippen molar-refractivity contribution < 1.29 is 9.53 Å². The Hall–Kier alpha value is 0.190. The molecule has 0 bridgehead atoms. The highest BCUT2D eigenvalue weighted by Gasteiger charge is 2.14. The first-order chi connectivity index (χ1) is 6.60. The van der Waals surface area contributed by atoms with Gasteiger partial charge in [-0.15, -0.1) is 0 Å². The molecule has 0 aliphatic rings. The lowest BCUT2D eigenvalue weighted by Crippen LogP contribution is -2.05. The van der Waals surface area contributed by atoms with E-state index in [1.54, 1.807) is 6.07 Å². The van der Waals surface area contributed by atoms with E-state index in [0.717, 1.165) is 9.13 Å². The van der Waals surface area contributed by atoms with Crippen LogP contribution in [0.4, 0.5) is 0 Å². The van der Waals surface area contributed by atoms with Crippen molar-refractivity contribution in [3.05, 3.63) is 31.9 Å². The molecule has 0 unspecified atom stereocenters. The van der Waals surface area contributed by atoms with Crippen molar-refractivity contribution in [2.45, 2.75) is 5.33 Å². The van der Waals surface area contributed by atoms with Gasteiger partial charge >= 0.3 is 5.97 Å². The molecule has 0 N–H and O–H groups in total. The average Bonchev–Trinajstić information content (AvgIpc) is 2.15. The highest BCUT2D eigenvalue weighted by molar-refractivity contribution is 14.1. The molecule has 0 atom stereocenters. The van der Waals surface area contributed by atoms with Gasteiger partial charge in [-0.1, -0.05) is 27.5 Å². The van der Waals surface area contributed by atoms with Gasteiger partial charge in [-0.25, -0.2) is 4.79 Å². The molecule has 5 heteroatoms. The van der Waals surface area contributed by atoms with Crippen LogP contribution in [-0.4, -0.2) is 13.1 Å². The standard InChI is InChI=1S/C9H7BrClIO2/c1-14-9(13)6-2-5(12)3-8(11)7(6)4-10/h2-3H,4H2,1H3. The Kier molecular flexibility index (Phi) is 4.66. The average molecular weight is 389 g/mol. The lowest BCUT2D eigenvalue weighted by molar-refractivity contribution is 0.0600. The lowest BCUT2D eigenvalue weighted by Gasteiger charge is -2.07. The zero-order valence-electron chi connectivity index (χ0n) is 7.31. The molecule has 0 fully saturated rings. The van der Waals surface area contributed by atoms with Gasteiger partial charge in [-0.2, -0.15) is 0 Å². The van der Waals surface area contributed by atoms with Crippen LogP contribution < -0.4 is 0 Å². The van der Waals surface area contributed by atoms with Crippen LogP contribution >= 0.6 is 50.1 Å². The van der Waals surface area contributed by atoms with Crippen LogP contribution in [-0.2, 0) is 10.1 Å². The molecule has 1 rings (SSSR count). The number of carbonyl (C=O) groups excluding carboxylic acids is 1. The zero-order valence-corrected chi connectivity index (χ0v) is 11.8. The molecule has 0 aliphatic heterocycles. The molecule has 0 aliphatic carbocycles. The maximum atomic E-state index is 11.4. The van der Waals surface area contributed by atoms with Crippen molar-refractivity contribution >= 4 is 56.1 Å². The van der Waals surface area contributed by atoms with E-state index in [2.05, 4.69) is 43.3 Å². The van der Waals surface area contributed by atoms with Crippen molar-refractivity contribution in [2.24, 2.45) is 0 Å². The Bertz CT molecular complexity index is 368. The van der Waals surface area contributed by atoms with E-state index < -0.39 is 0 Å². The van der Waals surface area contributed by atoms with Gasteiger partial charge in [-0.05, 0) is 40.3 Å². The summed E-state index contributed by atoms with van der Waals surface area (Å²) < 4.78 is 5.58. The largest absolute Gasteiger partial charge is 0.465 e. The molecule has 1 aromatic carbocycles. The van der Waals surface area contributed by atoms with Crippen LogP contribution in [0.25, 0.3) is 0 Å². The van der Waals surface area contributed by atoms with E-state index in [9.17, 15) is 4.79 Å². The van der Waals surface area contributed by atoms with E-state index in [4.69, 9.17) is 11.6 Å². The third-order valence-corrected chi connectivity index (χ3v) is 3.22. The molecule has 14 heavy (non-hydrogen) atoms. The third kappa shape index (κ3) is 2.61. The lowest BCUT2D eigenvalue weighted by atomic mass is 10.1. The second-order valence-corrected chi connectivity index (χ2v) is 4.75. The summed E-state index contributed by atoms with van der Waals surface area (Å²) in [4.78, 5) is 11.4. The number of esters is 1. The molecule has 2 nitrogen and oxygen atoms in total. The predicted molar refractivity (Wildman–Crippen MR) is 68.1 cm³/mol. The van der Waals surface area contributed by atoms with E-state index in [-0.39, 0.29) is 5.97 Å². The van der Waals surface area contributed by atoms with Crippen LogP contribution in [0, 0.1) is 3.57 Å². The normalized spacial score (nSPS) is 10.0. The van der Waals surface area contributed by atoms with Crippen molar-refractivity contribution in [2.75, 3.05) is 7.11 Å². The molecule has 1 aromatic rings. The number of methoxy groups -OCH3 is 1. The molecule has 0 heterocycles. The van der Waals surface area contributed by atoms with Crippen LogP contribution in [0.3, 0.4) is 0 Å². The Morgan fingerprint density at radius 2 is 2.29 bits per heavy atom. The smallest absolute Gasteiger partial charge is 0.338 e. The van der Waals surface area contributed by atoms with Gasteiger partial charge in [0.25, 0.3) is 0 Å². The number of hydrogen-bond donors (Lipinski definition) is 0. The van der Waals surface area contributed by atoms with Gasteiger partial charge in [0.05, 0.1) is 12.7 Å². The van der Waals surface area contributed by atoms with Crippen LogP contribution in [0.1, 0.15) is 15.9 Å². The number of ether oxygens (including phenoxy) is 1. The van der Waals surface area contributed by atoms with Crippen molar-refractivity contribution in [1.82, 2.24) is 0 Å². The molecule has 0 spiro atoms. The maximum absolute atomic E-state index is 11.4. The first-order valence-electron chi connectivity index (χ1n) is 3.72. The summed E-state index contributed by atoms with van der Waals surface area (Å²) in [5.74, 6) is -0.361. The van der Waals surface area contributed by atoms with Gasteiger partial charge < -0.3 is 4.74 Å². The van der Waals surface area contributed by atoms with E-state index in [0.29, 0.717) is 15.9 Å². The monoisotopic (exact) mass is 388 g/mol. The van der Waals surface area contributed by atoms with Gasteiger partial charge in [0.2, 0.25) is 0 Å². The summed E-state index contributed by atoms with van der Waals surface area (Å²) in [6.45, 7) is 0. The van der Waals surface area contributed by atoms with E-state index in [1.165, 1.54) is 7.11 Å². The number of alkyl halides is 1. The number of rotatable bonds is 2. The number of benzene rings is 1. The summed E-state index contributed by atoms with van der Waals surface area (Å²) in [7, 11) is 1.36. The first-order valence-corrected chi connectivity index (χ1v) is 6.30. The zero-order chi connectivity index (χ0) is 10.7. The Labute approximate surface area is 109 Å².